The molecule has 18 heavy (non-hydrogen) atoms. The molecule has 1 atom stereocenters. The molecule has 3 rings (SSSR count). The lowest BCUT2D eigenvalue weighted by Gasteiger charge is -2.21. The number of nitrogens with zero attached hydrogens (tertiary/aromatic N) is 2. The highest BCUT2D eigenvalue weighted by molar-refractivity contribution is 6.28. The molecule has 0 saturated carbocycles. The van der Waals surface area contributed by atoms with E-state index in [9.17, 15) is 4.79 Å². The summed E-state index contributed by atoms with van der Waals surface area (Å²) in [6.45, 7) is 1.25. The molecule has 96 valence electrons. The monoisotopic (exact) mass is 270 g/mol. The molecule has 1 unspecified atom stereocenters. The number of carbonyl (C=O) groups excluding carboxylic acids is 1. The lowest BCUT2D eigenvalue weighted by atomic mass is 10.2. The molecule has 2 aliphatic rings. The summed E-state index contributed by atoms with van der Waals surface area (Å²) in [6.07, 6.45) is 0.880. The molecule has 0 radical (unpaired) electrons. The van der Waals surface area contributed by atoms with E-state index in [0.717, 1.165) is 6.42 Å². The SMILES string of the molecule is O=C1COc2nc(Cl)nc(NC3CCOC3)c2N1. The van der Waals surface area contributed by atoms with Gasteiger partial charge in [0.25, 0.3) is 5.91 Å². The number of ether oxygens (including phenoxy) is 2. The second-order valence-corrected chi connectivity index (χ2v) is 4.40. The maximum Gasteiger partial charge on any atom is 0.262 e. The van der Waals surface area contributed by atoms with Crippen molar-refractivity contribution >= 4 is 29.0 Å². The second kappa shape index (κ2) is 4.58. The van der Waals surface area contributed by atoms with Gasteiger partial charge in [0, 0.05) is 6.61 Å². The van der Waals surface area contributed by atoms with E-state index in [-0.39, 0.29) is 29.7 Å². The smallest absolute Gasteiger partial charge is 0.262 e. The Balaban J connectivity index is 1.91. The van der Waals surface area contributed by atoms with Crippen molar-refractivity contribution in [2.45, 2.75) is 12.5 Å². The average molecular weight is 271 g/mol. The predicted octanol–water partition coefficient (Wildman–Crippen LogP) is 0.662. The molecule has 1 aromatic rings. The van der Waals surface area contributed by atoms with Crippen LogP contribution in [0.4, 0.5) is 11.5 Å². The molecule has 8 heteroatoms. The highest BCUT2D eigenvalue weighted by Crippen LogP contribution is 2.33. The summed E-state index contributed by atoms with van der Waals surface area (Å²) in [7, 11) is 0. The van der Waals surface area contributed by atoms with Crippen LogP contribution in [0.25, 0.3) is 0 Å². The van der Waals surface area contributed by atoms with Gasteiger partial charge in [0.2, 0.25) is 11.2 Å². The highest BCUT2D eigenvalue weighted by atomic mass is 35.5. The van der Waals surface area contributed by atoms with Gasteiger partial charge in [0.1, 0.15) is 5.69 Å². The van der Waals surface area contributed by atoms with Gasteiger partial charge in [-0.15, -0.1) is 0 Å². The number of aromatic nitrogens is 2. The van der Waals surface area contributed by atoms with Crippen LogP contribution in [0.1, 0.15) is 6.42 Å². The van der Waals surface area contributed by atoms with Crippen LogP contribution in [0.2, 0.25) is 5.28 Å². The van der Waals surface area contributed by atoms with Crippen LogP contribution in [0.5, 0.6) is 5.88 Å². The van der Waals surface area contributed by atoms with Gasteiger partial charge in [-0.1, -0.05) is 0 Å². The third kappa shape index (κ3) is 2.19. The van der Waals surface area contributed by atoms with Crippen molar-refractivity contribution < 1.29 is 14.3 Å². The Morgan fingerprint density at radius 1 is 1.44 bits per heavy atom. The number of amides is 1. The fourth-order valence-corrected chi connectivity index (χ4v) is 2.05. The fraction of sp³-hybridized carbons (Fsp3) is 0.500. The number of nitrogens with one attached hydrogen (secondary N) is 2. The molecule has 1 fully saturated rings. The van der Waals surface area contributed by atoms with E-state index in [0.29, 0.717) is 24.7 Å². The zero-order valence-corrected chi connectivity index (χ0v) is 10.2. The van der Waals surface area contributed by atoms with Crippen molar-refractivity contribution in [1.82, 2.24) is 9.97 Å². The Labute approximate surface area is 108 Å². The van der Waals surface area contributed by atoms with Crippen LogP contribution in [0, 0.1) is 0 Å². The van der Waals surface area contributed by atoms with E-state index >= 15 is 0 Å². The third-order valence-corrected chi connectivity index (χ3v) is 2.89. The van der Waals surface area contributed by atoms with Crippen molar-refractivity contribution in [3.63, 3.8) is 0 Å². The van der Waals surface area contributed by atoms with E-state index in [1.165, 1.54) is 0 Å². The number of fused-ring (bicyclic) bond motifs is 1. The van der Waals surface area contributed by atoms with Gasteiger partial charge in [-0.25, -0.2) is 0 Å². The van der Waals surface area contributed by atoms with Crippen LogP contribution < -0.4 is 15.4 Å². The first-order valence-electron chi connectivity index (χ1n) is 5.57. The highest BCUT2D eigenvalue weighted by Gasteiger charge is 2.25. The van der Waals surface area contributed by atoms with Crippen LogP contribution in [-0.4, -0.2) is 41.7 Å². The lowest BCUT2D eigenvalue weighted by Crippen LogP contribution is -2.29. The molecule has 2 aliphatic heterocycles. The minimum atomic E-state index is -0.237. The van der Waals surface area contributed by atoms with E-state index in [1.54, 1.807) is 0 Å². The molecule has 1 aromatic heterocycles. The molecule has 0 bridgehead atoms. The van der Waals surface area contributed by atoms with Crippen molar-refractivity contribution in [1.29, 1.82) is 0 Å². The van der Waals surface area contributed by atoms with Crippen LogP contribution in [-0.2, 0) is 9.53 Å². The zero-order chi connectivity index (χ0) is 12.5. The first kappa shape index (κ1) is 11.5. The molecular formula is C10H11ClN4O3. The molecule has 3 heterocycles. The molecule has 2 N–H and O–H groups in total. The van der Waals surface area contributed by atoms with E-state index < -0.39 is 0 Å². The minimum Gasteiger partial charge on any atom is -0.466 e. The number of carbonyl (C=O) groups is 1. The quantitative estimate of drug-likeness (QED) is 0.768. The van der Waals surface area contributed by atoms with Gasteiger partial charge in [0.05, 0.1) is 12.6 Å². The van der Waals surface area contributed by atoms with Crippen molar-refractivity contribution in [2.75, 3.05) is 30.5 Å². The molecular weight excluding hydrogens is 260 g/mol. The predicted molar refractivity (Wildman–Crippen MR) is 64.0 cm³/mol. The third-order valence-electron chi connectivity index (χ3n) is 2.72. The summed E-state index contributed by atoms with van der Waals surface area (Å²) in [5.41, 5.74) is 0.433. The van der Waals surface area contributed by atoms with Gasteiger partial charge in [-0.3, -0.25) is 4.79 Å². The number of hydrogen-bond acceptors (Lipinski definition) is 6. The second-order valence-electron chi connectivity index (χ2n) is 4.06. The number of halogens is 1. The molecule has 0 spiro atoms. The summed E-state index contributed by atoms with van der Waals surface area (Å²) in [5.74, 6) is 0.517. The van der Waals surface area contributed by atoms with Crippen LogP contribution in [0.15, 0.2) is 0 Å². The van der Waals surface area contributed by atoms with E-state index in [2.05, 4.69) is 20.6 Å². The first-order chi connectivity index (χ1) is 8.72. The Kier molecular flexibility index (Phi) is 2.92. The molecule has 1 amide bonds. The topological polar surface area (TPSA) is 85.4 Å². The summed E-state index contributed by atoms with van der Waals surface area (Å²) in [6, 6.07) is 0.152. The molecule has 7 nitrogen and oxygen atoms in total. The molecule has 0 aromatic carbocycles. The normalized spacial score (nSPS) is 22.1. The summed E-state index contributed by atoms with van der Waals surface area (Å²) < 4.78 is 10.5. The van der Waals surface area contributed by atoms with Gasteiger partial charge < -0.3 is 20.1 Å². The summed E-state index contributed by atoms with van der Waals surface area (Å²) >= 11 is 5.82. The molecule has 1 saturated heterocycles. The van der Waals surface area contributed by atoms with Crippen molar-refractivity contribution in [3.8, 4) is 5.88 Å². The number of hydrogen-bond donors (Lipinski definition) is 2. The van der Waals surface area contributed by atoms with E-state index in [4.69, 9.17) is 21.1 Å². The maximum atomic E-state index is 11.3. The Morgan fingerprint density at radius 2 is 2.33 bits per heavy atom. The average Bonchev–Trinajstić information content (AvgIpc) is 2.83. The maximum absolute atomic E-state index is 11.3. The van der Waals surface area contributed by atoms with Gasteiger partial charge >= 0.3 is 0 Å². The summed E-state index contributed by atoms with van der Waals surface area (Å²) in [4.78, 5) is 19.3. The van der Waals surface area contributed by atoms with Gasteiger partial charge in [-0.05, 0) is 18.0 Å². The Bertz CT molecular complexity index is 490. The zero-order valence-electron chi connectivity index (χ0n) is 9.40. The largest absolute Gasteiger partial charge is 0.466 e. The van der Waals surface area contributed by atoms with Gasteiger partial charge in [-0.2, -0.15) is 9.97 Å². The fourth-order valence-electron chi connectivity index (χ4n) is 1.89. The number of anilines is 2. The standard InChI is InChI=1S/C10H11ClN4O3/c11-10-14-8(12-5-1-2-17-3-5)7-9(15-10)18-4-6(16)13-7/h5H,1-4H2,(H,13,16)(H,12,14,15). The molecule has 0 aliphatic carbocycles. The Morgan fingerprint density at radius 3 is 3.11 bits per heavy atom. The number of rotatable bonds is 2. The van der Waals surface area contributed by atoms with Crippen LogP contribution >= 0.6 is 11.6 Å². The Hall–Kier alpha value is -1.60. The van der Waals surface area contributed by atoms with Gasteiger partial charge in [0.15, 0.2) is 12.4 Å². The van der Waals surface area contributed by atoms with E-state index in [1.807, 2.05) is 0 Å². The van der Waals surface area contributed by atoms with Crippen LogP contribution in [0.3, 0.4) is 0 Å². The van der Waals surface area contributed by atoms with Crippen molar-refractivity contribution in [3.05, 3.63) is 5.28 Å². The first-order valence-corrected chi connectivity index (χ1v) is 5.94. The summed E-state index contributed by atoms with van der Waals surface area (Å²) in [5, 5.41) is 5.93. The minimum absolute atomic E-state index is 0.0632. The van der Waals surface area contributed by atoms with Crippen molar-refractivity contribution in [2.24, 2.45) is 0 Å². The lowest BCUT2D eigenvalue weighted by molar-refractivity contribution is -0.118.